The van der Waals surface area contributed by atoms with Crippen LogP contribution in [0.5, 0.6) is 0 Å². The lowest BCUT2D eigenvalue weighted by atomic mass is 9.37. The number of hydrogen-bond acceptors (Lipinski definition) is 3. The Morgan fingerprint density at radius 2 is 1.67 bits per heavy atom. The smallest absolute Gasteiger partial charge is 0.303 e. The van der Waals surface area contributed by atoms with Crippen LogP contribution < -0.4 is 0 Å². The van der Waals surface area contributed by atoms with Gasteiger partial charge in [-0.25, -0.2) is 0 Å². The normalized spacial score (nSPS) is 51.5. The van der Waals surface area contributed by atoms with Crippen molar-refractivity contribution in [2.45, 2.75) is 111 Å². The Morgan fingerprint density at radius 1 is 1.00 bits per heavy atom. The number of carboxylic acids is 1. The molecule has 30 heavy (non-hydrogen) atoms. The van der Waals surface area contributed by atoms with Crippen LogP contribution in [0.3, 0.4) is 0 Å². The van der Waals surface area contributed by atoms with Crippen LogP contribution in [0.25, 0.3) is 0 Å². The minimum Gasteiger partial charge on any atom is -0.481 e. The molecule has 4 nitrogen and oxygen atoms in total. The monoisotopic (exact) mass is 420 g/mol. The second-order valence-electron chi connectivity index (χ2n) is 12.1. The fraction of sp³-hybridized carbons (Fsp3) is 0.962. The van der Waals surface area contributed by atoms with Gasteiger partial charge in [0.2, 0.25) is 0 Å². The number of aliphatic hydroxyl groups excluding tert-OH is 2. The van der Waals surface area contributed by atoms with Crippen molar-refractivity contribution < 1.29 is 20.1 Å². The van der Waals surface area contributed by atoms with Gasteiger partial charge in [0.15, 0.2) is 0 Å². The molecule has 4 saturated carbocycles. The molecule has 10 atom stereocenters. The van der Waals surface area contributed by atoms with Crippen molar-refractivity contribution in [3.63, 3.8) is 0 Å². The third-order valence-corrected chi connectivity index (χ3v) is 11.2. The van der Waals surface area contributed by atoms with Gasteiger partial charge in [-0.1, -0.05) is 27.7 Å². The van der Waals surface area contributed by atoms with E-state index in [0.717, 1.165) is 38.5 Å². The summed E-state index contributed by atoms with van der Waals surface area (Å²) in [5.74, 6) is 1.83. The van der Waals surface area contributed by atoms with Crippen LogP contribution >= 0.6 is 0 Å². The van der Waals surface area contributed by atoms with Gasteiger partial charge in [0.1, 0.15) is 0 Å². The van der Waals surface area contributed by atoms with E-state index < -0.39 is 5.97 Å². The van der Waals surface area contributed by atoms with Gasteiger partial charge in [-0.2, -0.15) is 0 Å². The molecule has 0 aromatic rings. The topological polar surface area (TPSA) is 77.8 Å². The summed E-state index contributed by atoms with van der Waals surface area (Å²) in [6.07, 6.45) is 10.1. The molecular formula is C26H44O4. The molecular weight excluding hydrogens is 376 g/mol. The molecule has 0 radical (unpaired) electrons. The van der Waals surface area contributed by atoms with Crippen LogP contribution in [0.15, 0.2) is 0 Å². The molecule has 0 aromatic heterocycles. The van der Waals surface area contributed by atoms with Crippen molar-refractivity contribution in [2.75, 3.05) is 0 Å². The molecule has 0 unspecified atom stereocenters. The maximum absolute atomic E-state index is 11.7. The molecule has 3 N–H and O–H groups in total. The molecule has 0 saturated heterocycles. The van der Waals surface area contributed by atoms with E-state index in [1.54, 1.807) is 0 Å². The van der Waals surface area contributed by atoms with Crippen LogP contribution in [0, 0.1) is 45.8 Å². The van der Waals surface area contributed by atoms with Gasteiger partial charge >= 0.3 is 5.97 Å². The van der Waals surface area contributed by atoms with Gasteiger partial charge in [0, 0.05) is 11.8 Å². The molecule has 4 heteroatoms. The van der Waals surface area contributed by atoms with Crippen LogP contribution in [-0.2, 0) is 4.79 Å². The highest BCUT2D eigenvalue weighted by molar-refractivity contribution is 5.66. The predicted octanol–water partition coefficient (Wildman–Crippen LogP) is 5.26. The van der Waals surface area contributed by atoms with E-state index in [1.807, 2.05) is 0 Å². The Labute approximate surface area is 182 Å². The summed E-state index contributed by atoms with van der Waals surface area (Å²) in [5, 5.41) is 31.2. The van der Waals surface area contributed by atoms with E-state index in [0.29, 0.717) is 29.6 Å². The summed E-state index contributed by atoms with van der Waals surface area (Å²) >= 11 is 0. The minimum absolute atomic E-state index is 0.0121. The molecule has 0 aliphatic heterocycles. The zero-order valence-corrected chi connectivity index (χ0v) is 19.6. The van der Waals surface area contributed by atoms with E-state index in [4.69, 9.17) is 0 Å². The molecule has 4 fully saturated rings. The summed E-state index contributed by atoms with van der Waals surface area (Å²) in [7, 11) is 0. The van der Waals surface area contributed by atoms with Crippen molar-refractivity contribution in [1.82, 2.24) is 0 Å². The number of carbonyl (C=O) groups is 1. The Balaban J connectivity index is 1.66. The number of fused-ring (bicyclic) bond motifs is 5. The van der Waals surface area contributed by atoms with Crippen molar-refractivity contribution >= 4 is 5.97 Å². The Hall–Kier alpha value is -0.610. The van der Waals surface area contributed by atoms with E-state index in [-0.39, 0.29) is 34.9 Å². The van der Waals surface area contributed by atoms with Gasteiger partial charge in [0.05, 0.1) is 12.2 Å². The van der Waals surface area contributed by atoms with Gasteiger partial charge < -0.3 is 15.3 Å². The number of aliphatic hydroxyl groups is 2. The molecule has 0 heterocycles. The van der Waals surface area contributed by atoms with E-state index in [9.17, 15) is 20.1 Å². The van der Waals surface area contributed by atoms with E-state index >= 15 is 0 Å². The highest BCUT2D eigenvalue weighted by Crippen LogP contribution is 2.74. The second kappa shape index (κ2) is 7.76. The maximum atomic E-state index is 11.7. The second-order valence-corrected chi connectivity index (χ2v) is 12.1. The fourth-order valence-corrected chi connectivity index (χ4v) is 9.81. The van der Waals surface area contributed by atoms with Gasteiger partial charge in [0.25, 0.3) is 0 Å². The Morgan fingerprint density at radius 3 is 2.33 bits per heavy atom. The van der Waals surface area contributed by atoms with Gasteiger partial charge in [-0.05, 0) is 105 Å². The predicted molar refractivity (Wildman–Crippen MR) is 118 cm³/mol. The third-order valence-electron chi connectivity index (χ3n) is 11.2. The van der Waals surface area contributed by atoms with Gasteiger partial charge in [-0.3, -0.25) is 4.79 Å². The highest BCUT2D eigenvalue weighted by atomic mass is 16.4. The lowest BCUT2D eigenvalue weighted by Gasteiger charge is -2.68. The SMILES string of the molecule is CC[C@@]12[C@H](O)C[C@@H]3C[C@H](O)CC[C@]3(C)[C@H]1CC[C@]1(C)[C@@H]([C@H](C)CCC(=O)O)CC[C@H]12. The standard InChI is InChI=1S/C26H44O4/c1-5-26-20-8-7-19(16(2)6-9-23(29)30)25(20,4)13-11-21(26)24(3)12-10-18(27)14-17(24)15-22(26)28/h16-22,27-28H,5-15H2,1-4H3,(H,29,30)/t16-,17+,18-,19-,20-,21-,22-,24+,25-,26+/m1/s1. The first kappa shape index (κ1) is 22.6. The van der Waals surface area contributed by atoms with Crippen LogP contribution in [0.1, 0.15) is 98.3 Å². The zero-order valence-electron chi connectivity index (χ0n) is 19.6. The minimum atomic E-state index is -0.684. The maximum Gasteiger partial charge on any atom is 0.303 e. The lowest BCUT2D eigenvalue weighted by Crippen LogP contribution is -2.65. The van der Waals surface area contributed by atoms with Gasteiger partial charge in [-0.15, -0.1) is 0 Å². The molecule has 0 aromatic carbocycles. The first-order valence-corrected chi connectivity index (χ1v) is 12.7. The lowest BCUT2D eigenvalue weighted by molar-refractivity contribution is -0.234. The fourth-order valence-electron chi connectivity index (χ4n) is 9.81. The van der Waals surface area contributed by atoms with Crippen molar-refractivity contribution in [3.05, 3.63) is 0 Å². The molecule has 0 bridgehead atoms. The largest absolute Gasteiger partial charge is 0.481 e. The van der Waals surface area contributed by atoms with Crippen LogP contribution in [-0.4, -0.2) is 33.5 Å². The molecule has 0 spiro atoms. The van der Waals surface area contributed by atoms with Crippen molar-refractivity contribution in [2.24, 2.45) is 45.8 Å². The van der Waals surface area contributed by atoms with Crippen molar-refractivity contribution in [3.8, 4) is 0 Å². The average molecular weight is 421 g/mol. The van der Waals surface area contributed by atoms with E-state index in [2.05, 4.69) is 27.7 Å². The Kier molecular flexibility index (Phi) is 5.84. The zero-order chi connectivity index (χ0) is 21.9. The summed E-state index contributed by atoms with van der Waals surface area (Å²) in [6, 6.07) is 0. The molecule has 4 rings (SSSR count). The van der Waals surface area contributed by atoms with Crippen LogP contribution in [0.2, 0.25) is 0 Å². The van der Waals surface area contributed by atoms with Crippen LogP contribution in [0.4, 0.5) is 0 Å². The number of aliphatic carboxylic acids is 1. The Bertz CT molecular complexity index is 663. The first-order valence-electron chi connectivity index (χ1n) is 12.7. The summed E-state index contributed by atoms with van der Waals surface area (Å²) in [6.45, 7) is 9.54. The third kappa shape index (κ3) is 3.10. The number of carboxylic acid groups (broad SMARTS) is 1. The summed E-state index contributed by atoms with van der Waals surface area (Å²) < 4.78 is 0. The molecule has 0 amide bonds. The first-order chi connectivity index (χ1) is 14.1. The highest BCUT2D eigenvalue weighted by Gasteiger charge is 2.69. The number of hydrogen-bond donors (Lipinski definition) is 3. The van der Waals surface area contributed by atoms with E-state index in [1.165, 1.54) is 25.7 Å². The molecule has 4 aliphatic carbocycles. The molecule has 172 valence electrons. The molecule has 4 aliphatic rings. The number of rotatable bonds is 5. The summed E-state index contributed by atoms with van der Waals surface area (Å²) in [5.41, 5.74) is 0.438. The summed E-state index contributed by atoms with van der Waals surface area (Å²) in [4.78, 5) is 11.2. The quantitative estimate of drug-likeness (QED) is 0.567. The van der Waals surface area contributed by atoms with Crippen molar-refractivity contribution in [1.29, 1.82) is 0 Å². The average Bonchev–Trinajstić information content (AvgIpc) is 3.05.